The molecule has 0 unspecified atom stereocenters. The van der Waals surface area contributed by atoms with E-state index in [4.69, 9.17) is 84.9 Å². The monoisotopic (exact) mass is 1730 g/mol. The Morgan fingerprint density at radius 1 is 0.339 bits per heavy atom. The maximum absolute atomic E-state index is 15.0. The molecule has 10 rings (SSSR count). The zero-order valence-corrected chi connectivity index (χ0v) is 70.7. The molecule has 0 bridgehead atoms. The Labute approximate surface area is 714 Å². The number of aliphatic carboxylic acids is 1. The molecule has 2 heterocycles. The highest BCUT2D eigenvalue weighted by atomic mass is 19.4. The van der Waals surface area contributed by atoms with Crippen LogP contribution in [0.3, 0.4) is 0 Å². The third-order valence-corrected chi connectivity index (χ3v) is 19.6. The lowest BCUT2D eigenvalue weighted by Gasteiger charge is -2.50. The number of carboxylic acids is 1. The number of nitrogens with two attached hydrogens (primary N) is 4. The zero-order chi connectivity index (χ0) is 90.6. The average molecular weight is 1730 g/mol. The second-order valence-corrected chi connectivity index (χ2v) is 30.2. The van der Waals surface area contributed by atoms with Crippen molar-refractivity contribution in [2.75, 3.05) is 183 Å². The molecule has 1 saturated carbocycles. The van der Waals surface area contributed by atoms with E-state index < -0.39 is 160 Å². The van der Waals surface area contributed by atoms with Crippen LogP contribution < -0.4 is 94.5 Å². The molecule has 7 amide bonds. The first-order chi connectivity index (χ1) is 58.7. The quantitative estimate of drug-likeness (QED) is 0.0213. The molecule has 0 radical (unpaired) electrons. The topological polar surface area (TPSA) is 469 Å². The summed E-state index contributed by atoms with van der Waals surface area (Å²) in [5.74, 6) is -2.76. The van der Waals surface area contributed by atoms with E-state index in [0.717, 1.165) is 39.8 Å². The Kier molecular flexibility index (Phi) is 33.0. The molecule has 38 nitrogen and oxygen atoms in total. The highest BCUT2D eigenvalue weighted by Gasteiger charge is 2.58. The molecule has 124 heavy (non-hydrogen) atoms. The first-order valence-electron chi connectivity index (χ1n) is 38.8. The Hall–Kier alpha value is -13.0. The second kappa shape index (κ2) is 43.1. The number of hydrogen-bond acceptors (Lipinski definition) is 30. The van der Waals surface area contributed by atoms with Crippen LogP contribution in [-0.2, 0) is 56.9 Å². The van der Waals surface area contributed by atoms with E-state index in [9.17, 15) is 46.7 Å². The molecule has 16 N–H and O–H groups in total. The molecule has 41 heteroatoms. The molecule has 3 fully saturated rings. The van der Waals surface area contributed by atoms with Crippen molar-refractivity contribution in [2.45, 2.75) is 104 Å². The Morgan fingerprint density at radius 3 is 0.815 bits per heavy atom. The first-order valence-corrected chi connectivity index (χ1v) is 38.8. The van der Waals surface area contributed by atoms with Gasteiger partial charge in [0, 0.05) is 197 Å². The molecule has 7 aromatic rings. The summed E-state index contributed by atoms with van der Waals surface area (Å²) in [5.41, 5.74) is 35.9. The van der Waals surface area contributed by atoms with Gasteiger partial charge in [0.05, 0.1) is 6.04 Å². The molecule has 1 aliphatic carbocycles. The molecule has 670 valence electrons. The molecule has 3 aliphatic rings. The number of hydrogen-bond donors (Lipinski definition) is 12. The van der Waals surface area contributed by atoms with Gasteiger partial charge in [-0.15, -0.1) is 0 Å². The lowest BCUT2D eigenvalue weighted by atomic mass is 9.84. The lowest BCUT2D eigenvalue weighted by Crippen LogP contribution is -2.70. The van der Waals surface area contributed by atoms with Crippen LogP contribution in [0, 0.1) is 0 Å². The van der Waals surface area contributed by atoms with Gasteiger partial charge in [0.1, 0.15) is 31.0 Å². The highest BCUT2D eigenvalue weighted by molar-refractivity contribution is 5.90. The summed E-state index contributed by atoms with van der Waals surface area (Å²) in [6.45, 7) is -1.24. The van der Waals surface area contributed by atoms with Crippen molar-refractivity contribution < 1.29 is 109 Å². The van der Waals surface area contributed by atoms with Crippen molar-refractivity contribution in [3.05, 3.63) is 170 Å². The van der Waals surface area contributed by atoms with Crippen LogP contribution >= 0.6 is 0 Å². The van der Waals surface area contributed by atoms with Crippen LogP contribution in [0.5, 0.6) is 0 Å². The van der Waals surface area contributed by atoms with Crippen molar-refractivity contribution in [1.82, 2.24) is 0 Å². The molecule has 7 aromatic carbocycles. The van der Waals surface area contributed by atoms with Crippen molar-refractivity contribution >= 4 is 128 Å². The van der Waals surface area contributed by atoms with Gasteiger partial charge >= 0.3 is 54.8 Å². The summed E-state index contributed by atoms with van der Waals surface area (Å²) < 4.78 is 103. The minimum atomic E-state index is -5.08. The Bertz CT molecular complexity index is 4680. The fourth-order valence-electron chi connectivity index (χ4n) is 12.9. The van der Waals surface area contributed by atoms with Gasteiger partial charge in [0.15, 0.2) is 49.2 Å². The van der Waals surface area contributed by atoms with Gasteiger partial charge in [-0.2, -0.15) is 13.2 Å². The Morgan fingerprint density at radius 2 is 0.556 bits per heavy atom. The van der Waals surface area contributed by atoms with Crippen LogP contribution in [-0.4, -0.2) is 263 Å². The third kappa shape index (κ3) is 26.7. The summed E-state index contributed by atoms with van der Waals surface area (Å²) in [5, 5.41) is 26.0. The summed E-state index contributed by atoms with van der Waals surface area (Å²) in [6, 6.07) is 42.9. The lowest BCUT2D eigenvalue weighted by molar-refractivity contribution is -0.328. The van der Waals surface area contributed by atoms with Crippen molar-refractivity contribution in [2.24, 2.45) is 22.9 Å². The maximum Gasteiger partial charge on any atom is 0.490 e. The number of anilines is 14. The molecule has 2 aliphatic heterocycles. The largest absolute Gasteiger partial charge is 0.490 e. The zero-order valence-electron chi connectivity index (χ0n) is 70.7. The van der Waals surface area contributed by atoms with Gasteiger partial charge in [-0.05, 0) is 176 Å². The SMILES string of the molecule is CN(C)c1ccc(NC(=O)OC[C@H]2O[C@H](O[C@@H]3[C@@H](OC(=O)Nc4ccc(N(C)C)cc4)[C@H](O[C@@H]4O[C@@H](CN)[C@H](OC(=O)Nc5ccc(N(C)C)cc5)[C@@H](OC(=O)Nc5ccc(N(C)C)cc5)[C@@H]4OC(=O)Nc4ccc(N(C)C)cc4)[C@@H](N)C[C@H]3N)[C@H](OC(=O)Nc3ccc(N(C)C)cc3)[C@@H](N)[C@@H]2OC(=O)Nc2ccc(N(C)C)cc2)cc1.O=C(O)C(F)(F)F. The fourth-order valence-corrected chi connectivity index (χ4v) is 12.9. The number of nitrogens with one attached hydrogen (secondary N) is 7. The van der Waals surface area contributed by atoms with Crippen LogP contribution in [0.15, 0.2) is 170 Å². The summed E-state index contributed by atoms with van der Waals surface area (Å²) in [6.07, 6.45) is -34.8. The van der Waals surface area contributed by atoms with E-state index in [-0.39, 0.29) is 29.2 Å². The molecule has 15 atom stereocenters. The van der Waals surface area contributed by atoms with Gasteiger partial charge in [0.2, 0.25) is 0 Å². The van der Waals surface area contributed by atoms with Crippen LogP contribution in [0.4, 0.5) is 126 Å². The highest BCUT2D eigenvalue weighted by Crippen LogP contribution is 2.38. The summed E-state index contributed by atoms with van der Waals surface area (Å²) in [4.78, 5) is 124. The van der Waals surface area contributed by atoms with Crippen molar-refractivity contribution in [3.8, 4) is 0 Å². The van der Waals surface area contributed by atoms with E-state index in [2.05, 4.69) is 37.2 Å². The normalized spacial score (nSPS) is 22.0. The number of carbonyl (C=O) groups is 8. The van der Waals surface area contributed by atoms with E-state index in [0.29, 0.717) is 17.1 Å². The van der Waals surface area contributed by atoms with Gasteiger partial charge in [0.25, 0.3) is 0 Å². The molecule has 2 saturated heterocycles. The maximum atomic E-state index is 15.0. The predicted octanol–water partition coefficient (Wildman–Crippen LogP) is 9.60. The summed E-state index contributed by atoms with van der Waals surface area (Å²) in [7, 11) is 25.8. The minimum Gasteiger partial charge on any atom is -0.475 e. The number of amides is 7. The number of benzene rings is 7. The number of carboxylic acid groups (broad SMARTS) is 1. The fraction of sp³-hybridized carbons (Fsp3) is 0.398. The number of halogens is 3. The van der Waals surface area contributed by atoms with Crippen LogP contribution in [0.1, 0.15) is 6.42 Å². The van der Waals surface area contributed by atoms with Gasteiger partial charge in [-0.1, -0.05) is 0 Å². The summed E-state index contributed by atoms with van der Waals surface area (Å²) >= 11 is 0. The smallest absolute Gasteiger partial charge is 0.475 e. The van der Waals surface area contributed by atoms with E-state index in [1.807, 2.05) is 133 Å². The average Bonchev–Trinajstić information content (AvgIpc) is 0.762. The van der Waals surface area contributed by atoms with E-state index >= 15 is 0 Å². The third-order valence-electron chi connectivity index (χ3n) is 19.6. The molecular weight excluding hydrogens is 1630 g/mol. The molecule has 0 aromatic heterocycles. The second-order valence-electron chi connectivity index (χ2n) is 30.2. The molecule has 0 spiro atoms. The van der Waals surface area contributed by atoms with Crippen LogP contribution in [0.2, 0.25) is 0 Å². The Balaban J connectivity index is 0.00000238. The first kappa shape index (κ1) is 94.8. The van der Waals surface area contributed by atoms with E-state index in [1.54, 1.807) is 170 Å². The van der Waals surface area contributed by atoms with E-state index in [1.165, 1.54) is 0 Å². The molecular formula is C83H107F3N18O20. The standard InChI is InChI=1S/C81H106N18O18.C2HF3O2/c1-93(2)53-29-15-46(16-30-53)86-75(100)107-45-63-67(112-76(101)87-47-17-31-54(32-18-47)94(3)4)64(85)69(114-78(103)89-49-21-35-56(36-22-49)96(7)8)73(109-63)110-65-60(83)43-61(84)66(70(65)115-79(104)90-50-23-37-57(38-24-50)97(9)10)111-74-72(117-81(106)92-52-27-41-59(42-28-52)99(13)14)71(116-80(105)91-51-25-39-58(40-26-51)98(11)12)68(62(44-82)108-74)113-77(102)88-48-19-33-55(34-20-48)95(5)6;3-2(4,5)1(6)7/h15-42,60-74H,43-45,82-85H2,1-14H3,(H,86,100)(H,87,101)(H,88,102)(H,89,103)(H,90,104)(H,91,105)(H,92,106);(H,6,7)/t60-,61+,62+,63-,64+,65+,66-,67-,68+,69-,70-,71-,72+,73-,74+;/m1./s1. The number of ether oxygens (including phenoxy) is 11. The van der Waals surface area contributed by atoms with Gasteiger partial charge < -0.3 is 114 Å². The van der Waals surface area contributed by atoms with Crippen molar-refractivity contribution in [3.63, 3.8) is 0 Å². The van der Waals surface area contributed by atoms with Crippen LogP contribution in [0.25, 0.3) is 0 Å². The number of rotatable bonds is 27. The van der Waals surface area contributed by atoms with Gasteiger partial charge in [-0.3, -0.25) is 37.2 Å². The number of alkyl halides is 3. The van der Waals surface area contributed by atoms with Crippen molar-refractivity contribution in [1.29, 1.82) is 0 Å². The van der Waals surface area contributed by atoms with Gasteiger partial charge in [-0.25, -0.2) is 38.4 Å². The number of nitrogens with zero attached hydrogens (tertiary/aromatic N) is 7. The predicted molar refractivity (Wildman–Crippen MR) is 462 cm³/mol. The number of carbonyl (C=O) groups excluding carboxylic acids is 7. The minimum absolute atomic E-state index is 0.237.